The van der Waals surface area contributed by atoms with Gasteiger partial charge in [0.2, 0.25) is 0 Å². The Morgan fingerprint density at radius 2 is 1.67 bits per heavy atom. The Balaban J connectivity index is 2.51. The van der Waals surface area contributed by atoms with Crippen LogP contribution < -0.4 is 15.0 Å². The first-order chi connectivity index (χ1) is 10.0. The number of nitrogens with one attached hydrogen (secondary N) is 1. The molecule has 0 radical (unpaired) electrons. The summed E-state index contributed by atoms with van der Waals surface area (Å²) in [6.07, 6.45) is 3.15. The van der Waals surface area contributed by atoms with E-state index in [1.54, 1.807) is 0 Å². The number of hydrogen-bond donors (Lipinski definition) is 1. The van der Waals surface area contributed by atoms with Crippen LogP contribution in [0.15, 0.2) is 36.0 Å². The lowest BCUT2D eigenvalue weighted by molar-refractivity contribution is 0.0726. The van der Waals surface area contributed by atoms with Gasteiger partial charge in [0.15, 0.2) is 0 Å². The summed E-state index contributed by atoms with van der Waals surface area (Å²) >= 11 is 0. The van der Waals surface area contributed by atoms with E-state index in [4.69, 9.17) is 14.3 Å². The second-order valence-electron chi connectivity index (χ2n) is 5.02. The molecule has 0 aliphatic carbocycles. The summed E-state index contributed by atoms with van der Waals surface area (Å²) in [4.78, 5) is 5.12. The van der Waals surface area contributed by atoms with E-state index >= 15 is 0 Å². The minimum Gasteiger partial charge on any atom is -0.491 e. The van der Waals surface area contributed by atoms with Gasteiger partial charge < -0.3 is 9.47 Å². The monoisotopic (exact) mass is 293 g/mol. The maximum atomic E-state index is 5.82. The van der Waals surface area contributed by atoms with Crippen LogP contribution in [0.25, 0.3) is 0 Å². The van der Waals surface area contributed by atoms with Crippen molar-refractivity contribution in [2.24, 2.45) is 0 Å². The number of allylic oxidation sites excluding steroid dienone is 1. The number of benzene rings is 1. The third-order valence-corrected chi connectivity index (χ3v) is 2.92. The van der Waals surface area contributed by atoms with Gasteiger partial charge in [-0.15, -0.1) is 0 Å². The van der Waals surface area contributed by atoms with Crippen molar-refractivity contribution < 1.29 is 14.3 Å². The predicted octanol–water partition coefficient (Wildman–Crippen LogP) is 4.08. The van der Waals surface area contributed by atoms with Gasteiger partial charge in [-0.1, -0.05) is 6.92 Å². The number of ether oxygens (including phenoxy) is 2. The molecule has 0 aliphatic rings. The first kappa shape index (κ1) is 17.4. The first-order valence-corrected chi connectivity index (χ1v) is 7.54. The largest absolute Gasteiger partial charge is 0.491 e. The molecule has 2 unspecified atom stereocenters. The zero-order chi connectivity index (χ0) is 15.7. The summed E-state index contributed by atoms with van der Waals surface area (Å²) < 4.78 is 11.6. The molecular formula is C17H27NO3. The Morgan fingerprint density at radius 3 is 2.19 bits per heavy atom. The van der Waals surface area contributed by atoms with E-state index in [0.717, 1.165) is 23.6 Å². The average Bonchev–Trinajstić information content (AvgIpc) is 2.46. The summed E-state index contributed by atoms with van der Waals surface area (Å²) in [5, 5.41) is 0. The van der Waals surface area contributed by atoms with Crippen LogP contribution in [0.4, 0.5) is 0 Å². The van der Waals surface area contributed by atoms with Crippen molar-refractivity contribution in [3.63, 3.8) is 0 Å². The standard InChI is InChI=1S/C17H27NO3/c1-6-14(4)20-16-8-10-17(11-9-16)21-15(5)12-13(3)18-19-7-2/h8-12,14-15,18H,6-7H2,1-5H3. The topological polar surface area (TPSA) is 39.7 Å². The predicted molar refractivity (Wildman–Crippen MR) is 85.4 cm³/mol. The van der Waals surface area contributed by atoms with Gasteiger partial charge in [0.1, 0.15) is 17.6 Å². The summed E-state index contributed by atoms with van der Waals surface area (Å²) in [6.45, 7) is 10.7. The van der Waals surface area contributed by atoms with Gasteiger partial charge in [-0.2, -0.15) is 0 Å². The number of hydroxylamine groups is 1. The lowest BCUT2D eigenvalue weighted by Crippen LogP contribution is -2.16. The molecular weight excluding hydrogens is 266 g/mol. The van der Waals surface area contributed by atoms with Gasteiger partial charge in [0.25, 0.3) is 0 Å². The molecule has 0 spiro atoms. The van der Waals surface area contributed by atoms with Crippen LogP contribution in [0.3, 0.4) is 0 Å². The fourth-order valence-electron chi connectivity index (χ4n) is 1.73. The lowest BCUT2D eigenvalue weighted by Gasteiger charge is -2.15. The number of rotatable bonds is 9. The molecule has 4 nitrogen and oxygen atoms in total. The smallest absolute Gasteiger partial charge is 0.120 e. The number of hydrogen-bond acceptors (Lipinski definition) is 4. The van der Waals surface area contributed by atoms with E-state index in [9.17, 15) is 0 Å². The van der Waals surface area contributed by atoms with Crippen molar-refractivity contribution in [3.8, 4) is 11.5 Å². The molecule has 2 atom stereocenters. The molecule has 0 amide bonds. The second kappa shape index (κ2) is 9.29. The highest BCUT2D eigenvalue weighted by Gasteiger charge is 2.04. The van der Waals surface area contributed by atoms with Crippen LogP contribution in [0, 0.1) is 0 Å². The molecule has 21 heavy (non-hydrogen) atoms. The molecule has 0 aliphatic heterocycles. The van der Waals surface area contributed by atoms with E-state index < -0.39 is 0 Å². The van der Waals surface area contributed by atoms with Crippen LogP contribution in [0.5, 0.6) is 11.5 Å². The van der Waals surface area contributed by atoms with Crippen molar-refractivity contribution in [3.05, 3.63) is 36.0 Å². The SMILES string of the molecule is CCONC(C)=CC(C)Oc1ccc(OC(C)CC)cc1. The van der Waals surface area contributed by atoms with Crippen molar-refractivity contribution in [1.82, 2.24) is 5.48 Å². The highest BCUT2D eigenvalue weighted by atomic mass is 16.6. The Labute approximate surface area is 128 Å². The third-order valence-electron chi connectivity index (χ3n) is 2.92. The van der Waals surface area contributed by atoms with Crippen molar-refractivity contribution in [1.29, 1.82) is 0 Å². The molecule has 0 fully saturated rings. The second-order valence-corrected chi connectivity index (χ2v) is 5.02. The van der Waals surface area contributed by atoms with Gasteiger partial charge in [-0.05, 0) is 64.5 Å². The van der Waals surface area contributed by atoms with Gasteiger partial charge in [0, 0.05) is 5.70 Å². The Kier molecular flexibility index (Phi) is 7.69. The summed E-state index contributed by atoms with van der Waals surface area (Å²) in [5.41, 5.74) is 3.78. The summed E-state index contributed by atoms with van der Waals surface area (Å²) in [5.74, 6) is 1.69. The van der Waals surface area contributed by atoms with Crippen LogP contribution in [0.1, 0.15) is 41.0 Å². The Morgan fingerprint density at radius 1 is 1.10 bits per heavy atom. The van der Waals surface area contributed by atoms with E-state index in [1.165, 1.54) is 0 Å². The molecule has 1 aromatic carbocycles. The third kappa shape index (κ3) is 7.04. The maximum absolute atomic E-state index is 5.82. The van der Waals surface area contributed by atoms with Crippen LogP contribution >= 0.6 is 0 Å². The minimum absolute atomic E-state index is 0.0423. The zero-order valence-electron chi connectivity index (χ0n) is 13.7. The molecule has 0 aromatic heterocycles. The Hall–Kier alpha value is -1.68. The van der Waals surface area contributed by atoms with Crippen LogP contribution in [0.2, 0.25) is 0 Å². The molecule has 118 valence electrons. The van der Waals surface area contributed by atoms with E-state index in [0.29, 0.717) is 6.61 Å². The van der Waals surface area contributed by atoms with Gasteiger partial charge in [-0.3, -0.25) is 10.3 Å². The molecule has 1 N–H and O–H groups in total. The van der Waals surface area contributed by atoms with Crippen molar-refractivity contribution in [2.45, 2.75) is 53.2 Å². The summed E-state index contributed by atoms with van der Waals surface area (Å²) in [7, 11) is 0. The van der Waals surface area contributed by atoms with Gasteiger partial charge in [0.05, 0.1) is 12.7 Å². The van der Waals surface area contributed by atoms with Gasteiger partial charge in [-0.25, -0.2) is 0 Å². The average molecular weight is 293 g/mol. The fourth-order valence-corrected chi connectivity index (χ4v) is 1.73. The van der Waals surface area contributed by atoms with Crippen molar-refractivity contribution in [2.75, 3.05) is 6.61 Å². The normalized spacial score (nSPS) is 14.4. The van der Waals surface area contributed by atoms with E-state index in [-0.39, 0.29) is 12.2 Å². The van der Waals surface area contributed by atoms with Crippen LogP contribution in [-0.4, -0.2) is 18.8 Å². The first-order valence-electron chi connectivity index (χ1n) is 7.54. The molecule has 4 heteroatoms. The van der Waals surface area contributed by atoms with Crippen LogP contribution in [-0.2, 0) is 4.84 Å². The molecule has 1 aromatic rings. The Bertz CT molecular complexity index is 428. The molecule has 1 rings (SSSR count). The lowest BCUT2D eigenvalue weighted by atomic mass is 10.3. The molecule has 0 saturated carbocycles. The zero-order valence-corrected chi connectivity index (χ0v) is 13.7. The van der Waals surface area contributed by atoms with E-state index in [2.05, 4.69) is 19.3 Å². The summed E-state index contributed by atoms with van der Waals surface area (Å²) in [6, 6.07) is 7.72. The van der Waals surface area contributed by atoms with E-state index in [1.807, 2.05) is 51.1 Å². The molecule has 0 heterocycles. The highest BCUT2D eigenvalue weighted by Crippen LogP contribution is 2.20. The van der Waals surface area contributed by atoms with Gasteiger partial charge >= 0.3 is 0 Å². The fraction of sp³-hybridized carbons (Fsp3) is 0.529. The highest BCUT2D eigenvalue weighted by molar-refractivity contribution is 5.31. The molecule has 0 saturated heterocycles. The van der Waals surface area contributed by atoms with Crippen molar-refractivity contribution >= 4 is 0 Å². The quantitative estimate of drug-likeness (QED) is 0.697. The molecule has 0 bridgehead atoms. The maximum Gasteiger partial charge on any atom is 0.120 e. The minimum atomic E-state index is -0.0423.